The number of aromatic amines is 1. The lowest BCUT2D eigenvalue weighted by molar-refractivity contribution is -0.381. The fraction of sp³-hybridized carbons (Fsp3) is 0.333. The van der Waals surface area contributed by atoms with E-state index in [-0.39, 0.29) is 31.4 Å². The predicted molar refractivity (Wildman–Crippen MR) is 70.7 cm³/mol. The number of hydrogen-bond acceptors (Lipinski definition) is 3. The number of nitrogens with one attached hydrogen (secondary N) is 1. The number of halogens is 2. The van der Waals surface area contributed by atoms with Gasteiger partial charge in [-0.15, -0.1) is 12.4 Å². The van der Waals surface area contributed by atoms with Crippen LogP contribution in [0.2, 0.25) is 0 Å². The van der Waals surface area contributed by atoms with Gasteiger partial charge in [0.05, 0.1) is 11.8 Å². The molecule has 0 unspecified atom stereocenters. The van der Waals surface area contributed by atoms with Crippen LogP contribution in [0.4, 0.5) is 0 Å². The van der Waals surface area contributed by atoms with Gasteiger partial charge in [-0.1, -0.05) is 11.3 Å². The van der Waals surface area contributed by atoms with Crippen LogP contribution in [-0.4, -0.2) is 16.7 Å². The first-order valence-electron chi connectivity index (χ1n) is 5.28. The van der Waals surface area contributed by atoms with Crippen LogP contribution in [0.1, 0.15) is 21.7 Å². The largest absolute Gasteiger partial charge is 1.00 e. The molecule has 100 valence electrons. The summed E-state index contributed by atoms with van der Waals surface area (Å²) in [5, 5.41) is 12.2. The maximum atomic E-state index is 8.96. The number of rotatable bonds is 4. The normalized spacial score (nSPS) is 9.44. The number of H-pyrrole nitrogens is 1. The highest BCUT2D eigenvalue weighted by atomic mass is 35.5. The zero-order chi connectivity index (χ0) is 11.4. The first-order valence-corrected chi connectivity index (χ1v) is 6.16. The van der Waals surface area contributed by atoms with Crippen LogP contribution in [0, 0.1) is 6.92 Å². The first kappa shape index (κ1) is 17.3. The second kappa shape index (κ2) is 8.43. The van der Waals surface area contributed by atoms with E-state index in [1.165, 1.54) is 16.1 Å². The maximum absolute atomic E-state index is 8.96. The molecule has 3 nitrogen and oxygen atoms in total. The fourth-order valence-electron chi connectivity index (χ4n) is 1.71. The highest BCUT2D eigenvalue weighted by Gasteiger charge is 2.09. The van der Waals surface area contributed by atoms with Gasteiger partial charge in [0, 0.05) is 19.0 Å². The van der Waals surface area contributed by atoms with Gasteiger partial charge in [-0.25, -0.2) is 4.98 Å². The average molecular weight is 307 g/mol. The summed E-state index contributed by atoms with van der Waals surface area (Å²) in [6.07, 6.45) is 7.26. The molecule has 0 aliphatic rings. The number of pyridine rings is 1. The SMILES string of the molecule is Cc1c(CCO)cncc1Cc1[nH+]ccs1.Cl.[Cl-]. The summed E-state index contributed by atoms with van der Waals surface area (Å²) >= 11 is 1.71. The van der Waals surface area contributed by atoms with Crippen molar-refractivity contribution in [3.8, 4) is 0 Å². The van der Waals surface area contributed by atoms with Gasteiger partial charge >= 0.3 is 0 Å². The molecule has 0 atom stereocenters. The van der Waals surface area contributed by atoms with E-state index in [1.807, 2.05) is 24.0 Å². The van der Waals surface area contributed by atoms with Crippen LogP contribution in [-0.2, 0) is 12.8 Å². The Balaban J connectivity index is 0.00000144. The molecule has 0 aliphatic heterocycles. The van der Waals surface area contributed by atoms with Crippen molar-refractivity contribution in [2.45, 2.75) is 19.8 Å². The van der Waals surface area contributed by atoms with Crippen LogP contribution in [0.3, 0.4) is 0 Å². The zero-order valence-electron chi connectivity index (χ0n) is 10.0. The van der Waals surface area contributed by atoms with Gasteiger partial charge in [0.1, 0.15) is 0 Å². The van der Waals surface area contributed by atoms with Crippen molar-refractivity contribution < 1.29 is 22.5 Å². The summed E-state index contributed by atoms with van der Waals surface area (Å²) in [5.41, 5.74) is 3.60. The van der Waals surface area contributed by atoms with Crippen LogP contribution < -0.4 is 17.4 Å². The van der Waals surface area contributed by atoms with Crippen molar-refractivity contribution in [1.82, 2.24) is 4.98 Å². The molecule has 2 aromatic heterocycles. The number of hydrogen-bond donors (Lipinski definition) is 1. The minimum atomic E-state index is 0. The second-order valence-corrected chi connectivity index (χ2v) is 4.72. The Morgan fingerprint density at radius 3 is 2.67 bits per heavy atom. The lowest BCUT2D eigenvalue weighted by Crippen LogP contribution is -3.00. The number of aliphatic hydroxyl groups excluding tert-OH is 1. The molecule has 0 bridgehead atoms. The molecule has 0 aromatic carbocycles. The van der Waals surface area contributed by atoms with Gasteiger partial charge < -0.3 is 17.5 Å². The topological polar surface area (TPSA) is 47.3 Å². The second-order valence-electron chi connectivity index (χ2n) is 3.72. The molecule has 0 saturated heterocycles. The monoisotopic (exact) mass is 306 g/mol. The Bertz CT molecular complexity index is 463. The van der Waals surface area contributed by atoms with E-state index in [0.717, 1.165) is 12.0 Å². The number of aliphatic hydroxyl groups is 1. The lowest BCUT2D eigenvalue weighted by atomic mass is 10.0. The molecule has 2 rings (SSSR count). The smallest absolute Gasteiger partial charge is 0.240 e. The molecule has 0 aliphatic carbocycles. The van der Waals surface area contributed by atoms with E-state index in [1.54, 1.807) is 11.3 Å². The molecular formula is C12H16Cl2N2OS. The zero-order valence-corrected chi connectivity index (χ0v) is 12.4. The minimum Gasteiger partial charge on any atom is -1.00 e. The molecule has 0 amide bonds. The van der Waals surface area contributed by atoms with Crippen molar-refractivity contribution in [3.05, 3.63) is 45.7 Å². The van der Waals surface area contributed by atoms with Gasteiger partial charge in [-0.05, 0) is 30.0 Å². The molecule has 2 heterocycles. The van der Waals surface area contributed by atoms with Gasteiger partial charge in [0.25, 0.3) is 0 Å². The standard InChI is InChI=1S/C12H14N2OS.2ClH/c1-9-10(2-4-15)7-13-8-11(9)6-12-14-3-5-16-12;;/h3,5,7-8,15H,2,4,6H2,1H3;2*1H. The van der Waals surface area contributed by atoms with Crippen LogP contribution in [0.15, 0.2) is 24.0 Å². The quantitative estimate of drug-likeness (QED) is 0.773. The van der Waals surface area contributed by atoms with Gasteiger partial charge in [-0.2, -0.15) is 0 Å². The third-order valence-electron chi connectivity index (χ3n) is 2.68. The first-order chi connectivity index (χ1) is 7.81. The third kappa shape index (κ3) is 4.21. The Hall–Kier alpha value is -0.680. The van der Waals surface area contributed by atoms with Crippen LogP contribution in [0.25, 0.3) is 0 Å². The molecule has 2 N–H and O–H groups in total. The summed E-state index contributed by atoms with van der Waals surface area (Å²) in [7, 11) is 0. The molecule has 18 heavy (non-hydrogen) atoms. The van der Waals surface area contributed by atoms with Crippen molar-refractivity contribution in [3.63, 3.8) is 0 Å². The summed E-state index contributed by atoms with van der Waals surface area (Å²) < 4.78 is 0. The lowest BCUT2D eigenvalue weighted by Gasteiger charge is -2.07. The van der Waals surface area contributed by atoms with E-state index in [0.29, 0.717) is 6.42 Å². The summed E-state index contributed by atoms with van der Waals surface area (Å²) in [6, 6.07) is 0. The number of nitrogens with zero attached hydrogens (tertiary/aromatic N) is 1. The minimum absolute atomic E-state index is 0. The molecule has 0 radical (unpaired) electrons. The third-order valence-corrected chi connectivity index (χ3v) is 3.50. The predicted octanol–water partition coefficient (Wildman–Crippen LogP) is -1.18. The van der Waals surface area contributed by atoms with Crippen molar-refractivity contribution in [2.24, 2.45) is 0 Å². The number of thiazole rings is 1. The van der Waals surface area contributed by atoms with Gasteiger partial charge in [0.15, 0.2) is 6.20 Å². The number of aromatic nitrogens is 2. The Morgan fingerprint density at radius 1 is 1.33 bits per heavy atom. The molecule has 0 spiro atoms. The Kier molecular flexibility index (Phi) is 8.11. The van der Waals surface area contributed by atoms with Crippen molar-refractivity contribution in [1.29, 1.82) is 0 Å². The molecule has 2 aromatic rings. The summed E-state index contributed by atoms with van der Waals surface area (Å²) in [5.74, 6) is 0. The highest BCUT2D eigenvalue weighted by Crippen LogP contribution is 2.16. The fourth-order valence-corrected chi connectivity index (χ4v) is 2.39. The summed E-state index contributed by atoms with van der Waals surface area (Å²) in [4.78, 5) is 7.43. The summed E-state index contributed by atoms with van der Waals surface area (Å²) in [6.45, 7) is 2.27. The van der Waals surface area contributed by atoms with E-state index in [9.17, 15) is 0 Å². The average Bonchev–Trinajstić information content (AvgIpc) is 2.77. The maximum Gasteiger partial charge on any atom is 0.240 e. The Labute approximate surface area is 123 Å². The van der Waals surface area contributed by atoms with E-state index in [4.69, 9.17) is 5.11 Å². The molecule has 0 saturated carbocycles. The van der Waals surface area contributed by atoms with Crippen LogP contribution >= 0.6 is 23.7 Å². The van der Waals surface area contributed by atoms with E-state index >= 15 is 0 Å². The van der Waals surface area contributed by atoms with Crippen molar-refractivity contribution >= 4 is 23.7 Å². The Morgan fingerprint density at radius 2 is 2.06 bits per heavy atom. The molecular weight excluding hydrogens is 291 g/mol. The van der Waals surface area contributed by atoms with Crippen molar-refractivity contribution in [2.75, 3.05) is 6.61 Å². The van der Waals surface area contributed by atoms with Gasteiger partial charge in [0.2, 0.25) is 5.01 Å². The van der Waals surface area contributed by atoms with Crippen LogP contribution in [0.5, 0.6) is 0 Å². The molecule has 0 fully saturated rings. The van der Waals surface area contributed by atoms with E-state index in [2.05, 4.69) is 16.9 Å². The highest BCUT2D eigenvalue weighted by molar-refractivity contribution is 7.09. The molecule has 6 heteroatoms. The van der Waals surface area contributed by atoms with E-state index < -0.39 is 0 Å². The van der Waals surface area contributed by atoms with Gasteiger partial charge in [-0.3, -0.25) is 4.98 Å².